The third-order valence-electron chi connectivity index (χ3n) is 7.59. The minimum Gasteiger partial charge on any atom is -0.462 e. The molecule has 2 atom stereocenters. The van der Waals surface area contributed by atoms with E-state index in [-0.39, 0.29) is 25.1 Å². The topological polar surface area (TPSA) is 73.9 Å². The second kappa shape index (κ2) is 10.6. The van der Waals surface area contributed by atoms with Gasteiger partial charge in [0.15, 0.2) is 17.3 Å². The van der Waals surface area contributed by atoms with Gasteiger partial charge in [0.05, 0.1) is 12.2 Å². The molecule has 1 N–H and O–H groups in total. The van der Waals surface area contributed by atoms with Gasteiger partial charge < -0.3 is 19.5 Å². The van der Waals surface area contributed by atoms with E-state index in [9.17, 15) is 9.59 Å². The Morgan fingerprint density at radius 1 is 1.00 bits per heavy atom. The third-order valence-corrected chi connectivity index (χ3v) is 7.92. The average molecular weight is 542 g/mol. The fraction of sp³-hybridized carbons (Fsp3) is 0.250. The molecule has 198 valence electrons. The molecule has 7 heteroatoms. The molecule has 39 heavy (non-hydrogen) atoms. The molecule has 1 aliphatic carbocycles. The highest BCUT2D eigenvalue weighted by Crippen LogP contribution is 2.49. The van der Waals surface area contributed by atoms with Crippen molar-refractivity contribution in [2.45, 2.75) is 38.0 Å². The number of ketones is 1. The SMILES string of the molecule is CC1=C(C(=O)OCCc2ccccc2)[C@@H](c2cc3c(cc2Cl)OCO3)C2=C(C[C@@H](c3ccccc3)CC2=O)N1. The summed E-state index contributed by atoms with van der Waals surface area (Å²) in [4.78, 5) is 27.5. The maximum Gasteiger partial charge on any atom is 0.336 e. The van der Waals surface area contributed by atoms with Crippen LogP contribution >= 0.6 is 11.6 Å². The average Bonchev–Trinajstić information content (AvgIpc) is 3.40. The van der Waals surface area contributed by atoms with Crippen LogP contribution in [-0.4, -0.2) is 25.2 Å². The van der Waals surface area contributed by atoms with E-state index in [1.165, 1.54) is 0 Å². The highest BCUT2D eigenvalue weighted by Gasteiger charge is 2.42. The first kappa shape index (κ1) is 25.3. The highest BCUT2D eigenvalue weighted by atomic mass is 35.5. The van der Waals surface area contributed by atoms with Gasteiger partial charge in [0.2, 0.25) is 6.79 Å². The molecule has 0 spiro atoms. The molecule has 0 amide bonds. The van der Waals surface area contributed by atoms with Crippen LogP contribution in [0.25, 0.3) is 0 Å². The minimum absolute atomic E-state index is 0.0153. The van der Waals surface area contributed by atoms with Gasteiger partial charge in [0.1, 0.15) is 0 Å². The van der Waals surface area contributed by atoms with Gasteiger partial charge in [0, 0.05) is 46.8 Å². The number of benzene rings is 3. The molecule has 6 nitrogen and oxygen atoms in total. The van der Waals surface area contributed by atoms with Gasteiger partial charge >= 0.3 is 5.97 Å². The first-order valence-corrected chi connectivity index (χ1v) is 13.5. The van der Waals surface area contributed by atoms with Crippen LogP contribution in [0.1, 0.15) is 48.3 Å². The summed E-state index contributed by atoms with van der Waals surface area (Å²) >= 11 is 6.78. The molecule has 0 bridgehead atoms. The van der Waals surface area contributed by atoms with Crippen molar-refractivity contribution in [2.24, 2.45) is 0 Å². The number of rotatable bonds is 6. The van der Waals surface area contributed by atoms with Crippen molar-refractivity contribution in [1.82, 2.24) is 5.32 Å². The Labute approximate surface area is 232 Å². The fourth-order valence-corrected chi connectivity index (χ4v) is 5.98. The molecule has 3 aromatic carbocycles. The van der Waals surface area contributed by atoms with E-state index in [0.717, 1.165) is 16.8 Å². The standard InChI is InChI=1S/C32H28ClNO5/c1-19-29(32(36)37-13-12-20-8-4-2-5-9-20)30(23-16-27-28(17-24(23)33)39-18-38-27)31-25(34-19)14-22(15-26(31)35)21-10-6-3-7-11-21/h2-11,16-17,22,30,34H,12-15,18H2,1H3/t22-,30-/m1/s1. The van der Waals surface area contributed by atoms with Gasteiger partial charge in [-0.05, 0) is 42.0 Å². The summed E-state index contributed by atoms with van der Waals surface area (Å²) in [5.41, 5.74) is 5.22. The van der Waals surface area contributed by atoms with E-state index < -0.39 is 11.9 Å². The first-order chi connectivity index (χ1) is 19.0. The van der Waals surface area contributed by atoms with Crippen LogP contribution in [0.15, 0.2) is 95.3 Å². The maximum atomic E-state index is 13.8. The number of carbonyl (C=O) groups is 2. The summed E-state index contributed by atoms with van der Waals surface area (Å²) < 4.78 is 16.9. The van der Waals surface area contributed by atoms with Crippen LogP contribution in [0.3, 0.4) is 0 Å². The van der Waals surface area contributed by atoms with Crippen LogP contribution in [0.2, 0.25) is 5.02 Å². The molecule has 0 fully saturated rings. The quantitative estimate of drug-likeness (QED) is 0.374. The molecule has 0 saturated heterocycles. The molecule has 2 heterocycles. The Kier molecular flexibility index (Phi) is 6.88. The van der Waals surface area contributed by atoms with Gasteiger partial charge in [-0.1, -0.05) is 72.3 Å². The molecule has 2 aliphatic heterocycles. The Morgan fingerprint density at radius 2 is 1.69 bits per heavy atom. The van der Waals surface area contributed by atoms with Crippen molar-refractivity contribution in [3.63, 3.8) is 0 Å². The summed E-state index contributed by atoms with van der Waals surface area (Å²) in [6.07, 6.45) is 1.59. The van der Waals surface area contributed by atoms with Crippen molar-refractivity contribution < 1.29 is 23.8 Å². The number of hydrogen-bond donors (Lipinski definition) is 1. The number of ether oxygens (including phenoxy) is 3. The number of fused-ring (bicyclic) bond motifs is 1. The Morgan fingerprint density at radius 3 is 2.44 bits per heavy atom. The number of dihydropyridines is 1. The van der Waals surface area contributed by atoms with E-state index in [0.29, 0.717) is 58.2 Å². The predicted molar refractivity (Wildman–Crippen MR) is 148 cm³/mol. The Bertz CT molecular complexity index is 1500. The van der Waals surface area contributed by atoms with Crippen LogP contribution in [0, 0.1) is 0 Å². The predicted octanol–water partition coefficient (Wildman–Crippen LogP) is 6.22. The van der Waals surface area contributed by atoms with Gasteiger partial charge in [0.25, 0.3) is 0 Å². The minimum atomic E-state index is -0.684. The highest BCUT2D eigenvalue weighted by molar-refractivity contribution is 6.32. The molecular formula is C32H28ClNO5. The monoisotopic (exact) mass is 541 g/mol. The Balaban J connectivity index is 1.37. The largest absolute Gasteiger partial charge is 0.462 e. The van der Waals surface area contributed by atoms with E-state index in [1.807, 2.05) is 55.5 Å². The number of Topliss-reactive ketones (excluding diaryl/α,β-unsaturated/α-hetero) is 1. The maximum absolute atomic E-state index is 13.8. The van der Waals surface area contributed by atoms with Crippen LogP contribution in [0.4, 0.5) is 0 Å². The lowest BCUT2D eigenvalue weighted by Crippen LogP contribution is -2.36. The molecule has 3 aromatic rings. The van der Waals surface area contributed by atoms with Gasteiger partial charge in [-0.3, -0.25) is 4.79 Å². The third kappa shape index (κ3) is 4.92. The first-order valence-electron chi connectivity index (χ1n) is 13.1. The molecular weight excluding hydrogens is 514 g/mol. The fourth-order valence-electron chi connectivity index (χ4n) is 5.72. The summed E-state index contributed by atoms with van der Waals surface area (Å²) in [6.45, 7) is 2.16. The van der Waals surface area contributed by atoms with E-state index in [1.54, 1.807) is 12.1 Å². The summed E-state index contributed by atoms with van der Waals surface area (Å²) in [6, 6.07) is 23.4. The smallest absolute Gasteiger partial charge is 0.336 e. The van der Waals surface area contributed by atoms with Crippen LogP contribution in [-0.2, 0) is 20.7 Å². The van der Waals surface area contributed by atoms with Crippen molar-refractivity contribution in [3.8, 4) is 11.5 Å². The molecule has 0 radical (unpaired) electrons. The molecule has 6 rings (SSSR count). The molecule has 3 aliphatic rings. The van der Waals surface area contributed by atoms with Gasteiger partial charge in [-0.15, -0.1) is 0 Å². The molecule has 0 unspecified atom stereocenters. The lowest BCUT2D eigenvalue weighted by atomic mass is 9.71. The van der Waals surface area contributed by atoms with E-state index >= 15 is 0 Å². The normalized spacial score (nSPS) is 20.0. The number of esters is 1. The second-order valence-electron chi connectivity index (χ2n) is 10.0. The van der Waals surface area contributed by atoms with Crippen LogP contribution in [0.5, 0.6) is 11.5 Å². The lowest BCUT2D eigenvalue weighted by Gasteiger charge is -2.37. The van der Waals surface area contributed by atoms with E-state index in [4.69, 9.17) is 25.8 Å². The number of allylic oxidation sites excluding steroid dienone is 3. The Hall–Kier alpha value is -4.03. The van der Waals surface area contributed by atoms with Crippen LogP contribution < -0.4 is 14.8 Å². The summed E-state index contributed by atoms with van der Waals surface area (Å²) in [7, 11) is 0. The van der Waals surface area contributed by atoms with Crippen molar-refractivity contribution in [1.29, 1.82) is 0 Å². The van der Waals surface area contributed by atoms with Crippen molar-refractivity contribution in [3.05, 3.63) is 117 Å². The number of halogens is 1. The molecule has 0 saturated carbocycles. The van der Waals surface area contributed by atoms with Crippen molar-refractivity contribution >= 4 is 23.4 Å². The number of nitrogens with one attached hydrogen (secondary N) is 1. The summed E-state index contributed by atoms with van der Waals surface area (Å²) in [5.74, 6) is -0.0482. The van der Waals surface area contributed by atoms with Crippen molar-refractivity contribution in [2.75, 3.05) is 13.4 Å². The van der Waals surface area contributed by atoms with Gasteiger partial charge in [-0.2, -0.15) is 0 Å². The lowest BCUT2D eigenvalue weighted by molar-refractivity contribution is -0.139. The summed E-state index contributed by atoms with van der Waals surface area (Å²) in [5, 5.41) is 3.80. The zero-order valence-corrected chi connectivity index (χ0v) is 22.3. The van der Waals surface area contributed by atoms with E-state index in [2.05, 4.69) is 17.4 Å². The zero-order chi connectivity index (χ0) is 26.9. The second-order valence-corrected chi connectivity index (χ2v) is 10.4. The number of hydrogen-bond acceptors (Lipinski definition) is 6. The van der Waals surface area contributed by atoms with Gasteiger partial charge in [-0.25, -0.2) is 4.79 Å². The molecule has 0 aromatic heterocycles. The number of carbonyl (C=O) groups excluding carboxylic acids is 2. The zero-order valence-electron chi connectivity index (χ0n) is 21.5.